The highest BCUT2D eigenvalue weighted by molar-refractivity contribution is 5.67. The van der Waals surface area contributed by atoms with Crippen LogP contribution in [0.5, 0.6) is 0 Å². The Kier molecular flexibility index (Phi) is 5.14. The zero-order valence-corrected chi connectivity index (χ0v) is 10.8. The lowest BCUT2D eigenvalue weighted by Gasteiger charge is -2.19. The van der Waals surface area contributed by atoms with Gasteiger partial charge in [0.05, 0.1) is 11.4 Å². The summed E-state index contributed by atoms with van der Waals surface area (Å²) >= 11 is 0. The van der Waals surface area contributed by atoms with Crippen LogP contribution in [-0.4, -0.2) is 17.9 Å². The molecule has 0 atom stereocenters. The Morgan fingerprint density at radius 2 is 1.42 bits per heavy atom. The van der Waals surface area contributed by atoms with E-state index in [1.165, 1.54) is 0 Å². The number of para-hydroxylation sites is 2. The molecule has 1 N–H and O–H groups in total. The molecule has 0 aliphatic heterocycles. The standard InChI is InChI=1S/C16H18N2O/c19-14-8-7-13-17-18(15-9-3-1-4-10-15)16-11-5-2-6-12-16/h1-6,9-13,19H,7-8,14H2/b17-13+. The molecule has 2 rings (SSSR count). The number of anilines is 2. The minimum atomic E-state index is 0.197. The summed E-state index contributed by atoms with van der Waals surface area (Å²) in [5.74, 6) is 0. The van der Waals surface area contributed by atoms with Crippen molar-refractivity contribution in [2.45, 2.75) is 12.8 Å². The summed E-state index contributed by atoms with van der Waals surface area (Å²) in [5.41, 5.74) is 2.04. The molecule has 3 heteroatoms. The number of aliphatic hydroxyl groups is 1. The first-order valence-corrected chi connectivity index (χ1v) is 6.45. The Hall–Kier alpha value is -2.13. The van der Waals surface area contributed by atoms with E-state index in [2.05, 4.69) is 5.10 Å². The number of benzene rings is 2. The maximum Gasteiger partial charge on any atom is 0.0652 e. The van der Waals surface area contributed by atoms with Crippen LogP contribution in [-0.2, 0) is 0 Å². The average molecular weight is 254 g/mol. The Labute approximate surface area is 113 Å². The number of hydrogen-bond donors (Lipinski definition) is 1. The minimum absolute atomic E-state index is 0.197. The van der Waals surface area contributed by atoms with Crippen molar-refractivity contribution < 1.29 is 5.11 Å². The van der Waals surface area contributed by atoms with E-state index in [0.717, 1.165) is 24.2 Å². The van der Waals surface area contributed by atoms with E-state index in [1.54, 1.807) is 0 Å². The molecule has 0 unspecified atom stereocenters. The molecule has 2 aromatic rings. The molecule has 0 saturated carbocycles. The number of nitrogens with zero attached hydrogens (tertiary/aromatic N) is 2. The summed E-state index contributed by atoms with van der Waals surface area (Å²) in [5, 5.41) is 15.2. The van der Waals surface area contributed by atoms with E-state index in [4.69, 9.17) is 5.11 Å². The predicted molar refractivity (Wildman–Crippen MR) is 79.8 cm³/mol. The van der Waals surface area contributed by atoms with Crippen molar-refractivity contribution in [2.24, 2.45) is 5.10 Å². The molecule has 0 fully saturated rings. The molecular weight excluding hydrogens is 236 g/mol. The number of unbranched alkanes of at least 4 members (excludes halogenated alkanes) is 1. The number of hydrazone groups is 1. The predicted octanol–water partition coefficient (Wildman–Crippen LogP) is 3.58. The third kappa shape index (κ3) is 3.93. The van der Waals surface area contributed by atoms with Crippen LogP contribution in [0, 0.1) is 0 Å². The second kappa shape index (κ2) is 7.34. The number of aliphatic hydroxyl groups excluding tert-OH is 1. The van der Waals surface area contributed by atoms with Gasteiger partial charge in [-0.2, -0.15) is 5.10 Å². The molecule has 0 aromatic heterocycles. The molecule has 0 spiro atoms. The Balaban J connectivity index is 2.22. The zero-order valence-electron chi connectivity index (χ0n) is 10.8. The molecule has 2 aromatic carbocycles. The Morgan fingerprint density at radius 1 is 0.895 bits per heavy atom. The summed E-state index contributed by atoms with van der Waals surface area (Å²) in [6.45, 7) is 0.197. The van der Waals surface area contributed by atoms with Gasteiger partial charge in [-0.15, -0.1) is 0 Å². The summed E-state index contributed by atoms with van der Waals surface area (Å²) in [6.07, 6.45) is 3.35. The van der Waals surface area contributed by atoms with E-state index < -0.39 is 0 Å². The van der Waals surface area contributed by atoms with Crippen LogP contribution in [0.4, 0.5) is 11.4 Å². The fraction of sp³-hybridized carbons (Fsp3) is 0.188. The molecule has 0 heterocycles. The van der Waals surface area contributed by atoms with Crippen LogP contribution in [0.2, 0.25) is 0 Å². The van der Waals surface area contributed by atoms with Crippen LogP contribution < -0.4 is 5.01 Å². The first-order chi connectivity index (χ1) is 9.42. The van der Waals surface area contributed by atoms with Gasteiger partial charge in [-0.05, 0) is 37.1 Å². The van der Waals surface area contributed by atoms with E-state index in [9.17, 15) is 0 Å². The van der Waals surface area contributed by atoms with Gasteiger partial charge in [0.1, 0.15) is 0 Å². The Bertz CT molecular complexity index is 457. The van der Waals surface area contributed by atoms with Crippen LogP contribution in [0.25, 0.3) is 0 Å². The van der Waals surface area contributed by atoms with Gasteiger partial charge >= 0.3 is 0 Å². The van der Waals surface area contributed by atoms with Crippen molar-refractivity contribution in [2.75, 3.05) is 11.6 Å². The summed E-state index contributed by atoms with van der Waals surface area (Å²) in [6, 6.07) is 20.1. The zero-order chi connectivity index (χ0) is 13.3. The fourth-order valence-electron chi connectivity index (χ4n) is 1.74. The van der Waals surface area contributed by atoms with Crippen molar-refractivity contribution in [3.05, 3.63) is 60.7 Å². The lowest BCUT2D eigenvalue weighted by atomic mass is 10.2. The Morgan fingerprint density at radius 3 is 1.89 bits per heavy atom. The van der Waals surface area contributed by atoms with E-state index in [0.29, 0.717) is 0 Å². The molecular formula is C16H18N2O. The third-order valence-corrected chi connectivity index (χ3v) is 2.69. The summed E-state index contributed by atoms with van der Waals surface area (Å²) < 4.78 is 0. The normalized spacial score (nSPS) is 10.8. The van der Waals surface area contributed by atoms with Gasteiger partial charge in [0, 0.05) is 12.8 Å². The van der Waals surface area contributed by atoms with Crippen molar-refractivity contribution in [1.82, 2.24) is 0 Å². The maximum atomic E-state index is 8.79. The van der Waals surface area contributed by atoms with E-state index >= 15 is 0 Å². The third-order valence-electron chi connectivity index (χ3n) is 2.69. The molecule has 98 valence electrons. The van der Waals surface area contributed by atoms with Crippen LogP contribution in [0.3, 0.4) is 0 Å². The molecule has 0 aliphatic rings. The van der Waals surface area contributed by atoms with Crippen LogP contribution >= 0.6 is 0 Å². The molecule has 0 aliphatic carbocycles. The highest BCUT2D eigenvalue weighted by Crippen LogP contribution is 2.24. The average Bonchev–Trinajstić information content (AvgIpc) is 2.49. The largest absolute Gasteiger partial charge is 0.396 e. The van der Waals surface area contributed by atoms with Gasteiger partial charge in [-0.1, -0.05) is 36.4 Å². The first kappa shape index (κ1) is 13.3. The SMILES string of the molecule is OCCC/C=N/N(c1ccccc1)c1ccccc1. The summed E-state index contributed by atoms with van der Waals surface area (Å²) in [7, 11) is 0. The van der Waals surface area contributed by atoms with Crippen molar-refractivity contribution in [1.29, 1.82) is 0 Å². The van der Waals surface area contributed by atoms with Gasteiger partial charge in [-0.25, -0.2) is 5.01 Å². The highest BCUT2D eigenvalue weighted by atomic mass is 16.2. The maximum absolute atomic E-state index is 8.79. The topological polar surface area (TPSA) is 35.8 Å². The van der Waals surface area contributed by atoms with Crippen LogP contribution in [0.15, 0.2) is 65.8 Å². The lowest BCUT2D eigenvalue weighted by molar-refractivity contribution is 0.291. The second-order valence-electron chi connectivity index (χ2n) is 4.15. The first-order valence-electron chi connectivity index (χ1n) is 6.45. The second-order valence-corrected chi connectivity index (χ2v) is 4.15. The number of rotatable bonds is 6. The van der Waals surface area contributed by atoms with Crippen molar-refractivity contribution in [3.63, 3.8) is 0 Å². The smallest absolute Gasteiger partial charge is 0.0652 e. The van der Waals surface area contributed by atoms with Crippen molar-refractivity contribution >= 4 is 17.6 Å². The van der Waals surface area contributed by atoms with Gasteiger partial charge in [0.15, 0.2) is 0 Å². The molecule has 0 saturated heterocycles. The van der Waals surface area contributed by atoms with Gasteiger partial charge < -0.3 is 5.11 Å². The lowest BCUT2D eigenvalue weighted by Crippen LogP contribution is -2.08. The van der Waals surface area contributed by atoms with Gasteiger partial charge in [-0.3, -0.25) is 0 Å². The van der Waals surface area contributed by atoms with Gasteiger partial charge in [0.25, 0.3) is 0 Å². The molecule has 0 bridgehead atoms. The highest BCUT2D eigenvalue weighted by Gasteiger charge is 2.05. The van der Waals surface area contributed by atoms with Crippen LogP contribution in [0.1, 0.15) is 12.8 Å². The molecule has 0 amide bonds. The summed E-state index contributed by atoms with van der Waals surface area (Å²) in [4.78, 5) is 0. The minimum Gasteiger partial charge on any atom is -0.396 e. The molecule has 0 radical (unpaired) electrons. The monoisotopic (exact) mass is 254 g/mol. The quantitative estimate of drug-likeness (QED) is 0.486. The van der Waals surface area contributed by atoms with E-state index in [-0.39, 0.29) is 6.61 Å². The van der Waals surface area contributed by atoms with Crippen molar-refractivity contribution in [3.8, 4) is 0 Å². The molecule has 3 nitrogen and oxygen atoms in total. The van der Waals surface area contributed by atoms with Gasteiger partial charge in [0.2, 0.25) is 0 Å². The number of hydrogen-bond acceptors (Lipinski definition) is 3. The molecule has 19 heavy (non-hydrogen) atoms. The fourth-order valence-corrected chi connectivity index (χ4v) is 1.74. The van der Waals surface area contributed by atoms with E-state index in [1.807, 2.05) is 71.9 Å².